The highest BCUT2D eigenvalue weighted by molar-refractivity contribution is 4.86. The summed E-state index contributed by atoms with van der Waals surface area (Å²) in [6, 6.07) is 0. The molecule has 2 rings (SSSR count). The third-order valence-corrected chi connectivity index (χ3v) is 5.55. The van der Waals surface area contributed by atoms with Gasteiger partial charge < -0.3 is 10.5 Å². The Morgan fingerprint density at radius 2 is 1.95 bits per heavy atom. The third kappa shape index (κ3) is 4.46. The maximum absolute atomic E-state index is 6.12. The van der Waals surface area contributed by atoms with Crippen molar-refractivity contribution >= 4 is 0 Å². The van der Waals surface area contributed by atoms with Gasteiger partial charge in [-0.3, -0.25) is 0 Å². The number of hydrogen-bond acceptors (Lipinski definition) is 2. The molecule has 1 aliphatic heterocycles. The van der Waals surface area contributed by atoms with E-state index in [1.165, 1.54) is 70.6 Å². The lowest BCUT2D eigenvalue weighted by atomic mass is 9.67. The Morgan fingerprint density at radius 3 is 2.53 bits per heavy atom. The van der Waals surface area contributed by atoms with E-state index in [9.17, 15) is 0 Å². The molecular formula is C17H33NO. The Kier molecular flexibility index (Phi) is 6.15. The third-order valence-electron chi connectivity index (χ3n) is 5.55. The van der Waals surface area contributed by atoms with Gasteiger partial charge in [0.2, 0.25) is 0 Å². The van der Waals surface area contributed by atoms with Crippen LogP contribution in [0.2, 0.25) is 0 Å². The van der Waals surface area contributed by atoms with Crippen LogP contribution in [0.25, 0.3) is 0 Å². The smallest absolute Gasteiger partial charge is 0.0576 e. The average Bonchev–Trinajstić information content (AvgIpc) is 2.95. The monoisotopic (exact) mass is 267 g/mol. The van der Waals surface area contributed by atoms with Gasteiger partial charge in [0, 0.05) is 6.61 Å². The van der Waals surface area contributed by atoms with Crippen LogP contribution in [-0.2, 0) is 4.74 Å². The standard InChI is InChI=1S/C17H33NO/c1-2-5-15-8-11-17(14-18,12-9-15)10-3-6-16-7-4-13-19-16/h15-16H,2-14,18H2,1H3. The normalized spacial score (nSPS) is 35.7. The summed E-state index contributed by atoms with van der Waals surface area (Å²) >= 11 is 0. The van der Waals surface area contributed by atoms with Crippen molar-refractivity contribution in [3.05, 3.63) is 0 Å². The molecule has 1 saturated heterocycles. The van der Waals surface area contributed by atoms with Gasteiger partial charge in [-0.1, -0.05) is 26.2 Å². The topological polar surface area (TPSA) is 35.2 Å². The van der Waals surface area contributed by atoms with Gasteiger partial charge in [0.15, 0.2) is 0 Å². The van der Waals surface area contributed by atoms with Crippen molar-refractivity contribution < 1.29 is 4.74 Å². The second kappa shape index (κ2) is 7.64. The van der Waals surface area contributed by atoms with Gasteiger partial charge in [-0.05, 0) is 69.2 Å². The fraction of sp³-hybridized carbons (Fsp3) is 1.00. The Labute approximate surface area is 119 Å². The van der Waals surface area contributed by atoms with Crippen molar-refractivity contribution in [3.63, 3.8) is 0 Å². The van der Waals surface area contributed by atoms with E-state index in [4.69, 9.17) is 10.5 Å². The molecule has 0 aromatic heterocycles. The first kappa shape index (κ1) is 15.3. The summed E-state index contributed by atoms with van der Waals surface area (Å²) in [5.41, 5.74) is 6.60. The fourth-order valence-electron chi connectivity index (χ4n) is 4.12. The van der Waals surface area contributed by atoms with Crippen molar-refractivity contribution in [2.45, 2.75) is 83.7 Å². The first-order valence-electron chi connectivity index (χ1n) is 8.60. The molecule has 2 fully saturated rings. The molecule has 1 aliphatic carbocycles. The van der Waals surface area contributed by atoms with Gasteiger partial charge in [0.25, 0.3) is 0 Å². The predicted molar refractivity (Wildman–Crippen MR) is 81.2 cm³/mol. The first-order chi connectivity index (χ1) is 9.28. The van der Waals surface area contributed by atoms with Crippen LogP contribution in [0.1, 0.15) is 77.6 Å². The van der Waals surface area contributed by atoms with E-state index < -0.39 is 0 Å². The first-order valence-corrected chi connectivity index (χ1v) is 8.60. The van der Waals surface area contributed by atoms with Crippen LogP contribution in [0.3, 0.4) is 0 Å². The largest absolute Gasteiger partial charge is 0.378 e. The molecular weight excluding hydrogens is 234 g/mol. The molecule has 1 unspecified atom stereocenters. The molecule has 0 radical (unpaired) electrons. The second-order valence-electron chi connectivity index (χ2n) is 6.96. The van der Waals surface area contributed by atoms with E-state index in [0.717, 1.165) is 19.1 Å². The summed E-state index contributed by atoms with van der Waals surface area (Å²) in [7, 11) is 0. The highest BCUT2D eigenvalue weighted by atomic mass is 16.5. The van der Waals surface area contributed by atoms with Crippen LogP contribution < -0.4 is 5.73 Å². The summed E-state index contributed by atoms with van der Waals surface area (Å²) in [5.74, 6) is 0.989. The van der Waals surface area contributed by atoms with Crippen molar-refractivity contribution in [1.82, 2.24) is 0 Å². The van der Waals surface area contributed by atoms with Crippen molar-refractivity contribution in [1.29, 1.82) is 0 Å². The fourth-order valence-corrected chi connectivity index (χ4v) is 4.12. The highest BCUT2D eigenvalue weighted by Crippen LogP contribution is 2.43. The van der Waals surface area contributed by atoms with Gasteiger partial charge in [-0.2, -0.15) is 0 Å². The molecule has 1 saturated carbocycles. The molecule has 1 heterocycles. The Balaban J connectivity index is 1.69. The zero-order valence-corrected chi connectivity index (χ0v) is 12.8. The molecule has 2 aliphatic rings. The summed E-state index contributed by atoms with van der Waals surface area (Å²) in [4.78, 5) is 0. The molecule has 2 heteroatoms. The van der Waals surface area contributed by atoms with E-state index in [-0.39, 0.29) is 0 Å². The summed E-state index contributed by atoms with van der Waals surface area (Å²) in [5, 5.41) is 0. The number of rotatable bonds is 7. The Bertz CT molecular complexity index is 240. The zero-order chi connectivity index (χ0) is 13.6. The molecule has 1 atom stereocenters. The van der Waals surface area contributed by atoms with Crippen LogP contribution in [0.15, 0.2) is 0 Å². The minimum Gasteiger partial charge on any atom is -0.378 e. The average molecular weight is 267 g/mol. The van der Waals surface area contributed by atoms with Gasteiger partial charge in [0.05, 0.1) is 6.10 Å². The van der Waals surface area contributed by atoms with E-state index in [1.807, 2.05) is 0 Å². The van der Waals surface area contributed by atoms with Crippen molar-refractivity contribution in [3.8, 4) is 0 Å². The SMILES string of the molecule is CCCC1CCC(CN)(CCCC2CCCO2)CC1. The molecule has 0 spiro atoms. The van der Waals surface area contributed by atoms with Gasteiger partial charge in [-0.25, -0.2) is 0 Å². The van der Waals surface area contributed by atoms with E-state index in [0.29, 0.717) is 11.5 Å². The molecule has 0 aromatic carbocycles. The molecule has 2 N–H and O–H groups in total. The molecule has 0 amide bonds. The quantitative estimate of drug-likeness (QED) is 0.747. The Morgan fingerprint density at radius 1 is 1.16 bits per heavy atom. The van der Waals surface area contributed by atoms with Crippen LogP contribution in [-0.4, -0.2) is 19.3 Å². The molecule has 0 aromatic rings. The van der Waals surface area contributed by atoms with Gasteiger partial charge in [0.1, 0.15) is 0 Å². The minimum atomic E-state index is 0.475. The number of ether oxygens (including phenoxy) is 1. The van der Waals surface area contributed by atoms with E-state index >= 15 is 0 Å². The van der Waals surface area contributed by atoms with Crippen molar-refractivity contribution in [2.75, 3.05) is 13.2 Å². The van der Waals surface area contributed by atoms with Gasteiger partial charge in [-0.15, -0.1) is 0 Å². The molecule has 0 bridgehead atoms. The molecule has 2 nitrogen and oxygen atoms in total. The zero-order valence-electron chi connectivity index (χ0n) is 12.8. The van der Waals surface area contributed by atoms with Crippen LogP contribution >= 0.6 is 0 Å². The summed E-state index contributed by atoms with van der Waals surface area (Å²) in [6.45, 7) is 4.20. The lowest BCUT2D eigenvalue weighted by Crippen LogP contribution is -2.35. The number of nitrogens with two attached hydrogens (primary N) is 1. The highest BCUT2D eigenvalue weighted by Gasteiger charge is 2.33. The Hall–Kier alpha value is -0.0800. The van der Waals surface area contributed by atoms with Gasteiger partial charge >= 0.3 is 0 Å². The predicted octanol–water partition coefficient (Wildman–Crippen LogP) is 4.27. The number of hydrogen-bond donors (Lipinski definition) is 1. The van der Waals surface area contributed by atoms with Crippen LogP contribution in [0.4, 0.5) is 0 Å². The lowest BCUT2D eigenvalue weighted by molar-refractivity contribution is 0.0891. The molecule has 112 valence electrons. The maximum Gasteiger partial charge on any atom is 0.0576 e. The minimum absolute atomic E-state index is 0.475. The van der Waals surface area contributed by atoms with Crippen LogP contribution in [0, 0.1) is 11.3 Å². The second-order valence-corrected chi connectivity index (χ2v) is 6.96. The lowest BCUT2D eigenvalue weighted by Gasteiger charge is -2.40. The summed E-state index contributed by atoms with van der Waals surface area (Å²) in [6.07, 6.45) is 15.4. The van der Waals surface area contributed by atoms with Crippen LogP contribution in [0.5, 0.6) is 0 Å². The van der Waals surface area contributed by atoms with Crippen molar-refractivity contribution in [2.24, 2.45) is 17.1 Å². The maximum atomic E-state index is 6.12. The van der Waals surface area contributed by atoms with E-state index in [1.54, 1.807) is 0 Å². The summed E-state index contributed by atoms with van der Waals surface area (Å²) < 4.78 is 5.73. The van der Waals surface area contributed by atoms with E-state index in [2.05, 4.69) is 6.92 Å². The molecule has 19 heavy (non-hydrogen) atoms.